The summed E-state index contributed by atoms with van der Waals surface area (Å²) < 4.78 is 108. The Bertz CT molecular complexity index is 3180. The summed E-state index contributed by atoms with van der Waals surface area (Å²) in [7, 11) is 0. The first-order valence-electron chi connectivity index (χ1n) is 23.2. The summed E-state index contributed by atoms with van der Waals surface area (Å²) in [6, 6.07) is 43.2. The fourth-order valence-electron chi connectivity index (χ4n) is 6.95. The molecule has 8 nitrogen and oxygen atoms in total. The average molecular weight is 1230 g/mol. The number of fused-ring (bicyclic) bond motifs is 3. The van der Waals surface area contributed by atoms with E-state index in [9.17, 15) is 69.2 Å². The van der Waals surface area contributed by atoms with Crippen molar-refractivity contribution in [3.8, 4) is 11.4 Å². The second-order valence-corrected chi connectivity index (χ2v) is 19.2. The van der Waals surface area contributed by atoms with Crippen molar-refractivity contribution < 1.29 is 107 Å². The summed E-state index contributed by atoms with van der Waals surface area (Å²) >= 11 is 0. The Morgan fingerprint density at radius 2 is 0.615 bits per heavy atom. The van der Waals surface area contributed by atoms with Gasteiger partial charge in [-0.1, -0.05) is 151 Å². The smallest absolute Gasteiger partial charge is 0.869 e. The number of benzene rings is 6. The van der Waals surface area contributed by atoms with Crippen LogP contribution in [0.4, 0.5) is 39.5 Å². The molecule has 8 rings (SSSR count). The summed E-state index contributed by atoms with van der Waals surface area (Å²) in [5.74, 6) is -9.30. The van der Waals surface area contributed by atoms with Gasteiger partial charge in [0.15, 0.2) is 17.3 Å². The van der Waals surface area contributed by atoms with Crippen LogP contribution in [0.5, 0.6) is 0 Å². The third kappa shape index (κ3) is 18.4. The van der Waals surface area contributed by atoms with Crippen LogP contribution in [0, 0.1) is 38.2 Å². The van der Waals surface area contributed by atoms with E-state index in [1.54, 1.807) is 54.6 Å². The van der Waals surface area contributed by atoms with Gasteiger partial charge in [0.05, 0.1) is 11.4 Å². The van der Waals surface area contributed by atoms with Gasteiger partial charge in [-0.15, -0.1) is 0 Å². The van der Waals surface area contributed by atoms with E-state index in [1.165, 1.54) is 47.5 Å². The number of carbonyl (C=O) groups is 3. The van der Waals surface area contributed by atoms with Crippen molar-refractivity contribution in [2.24, 2.45) is 0 Å². The van der Waals surface area contributed by atoms with E-state index in [1.807, 2.05) is 48.8 Å². The number of alkyl halides is 9. The van der Waals surface area contributed by atoms with Crippen LogP contribution in [0.1, 0.15) is 83.7 Å². The van der Waals surface area contributed by atoms with E-state index in [2.05, 4.69) is 75.8 Å². The van der Waals surface area contributed by atoms with Gasteiger partial charge in [-0.05, 0) is 132 Å². The maximum absolute atomic E-state index is 12.0. The van der Waals surface area contributed by atoms with Crippen LogP contribution in [0.2, 0.25) is 0 Å². The molecular weight excluding hydrogens is 1180 g/mol. The molecule has 0 amide bonds. The summed E-state index contributed by atoms with van der Waals surface area (Å²) in [4.78, 5) is 43.7. The summed E-state index contributed by atoms with van der Waals surface area (Å²) in [5.41, 5.74) is 4.87. The van der Waals surface area contributed by atoms with E-state index in [4.69, 9.17) is 0 Å². The first kappa shape index (κ1) is 63.2. The third-order valence-corrected chi connectivity index (χ3v) is 11.2. The molecule has 0 aliphatic carbocycles. The molecule has 0 unspecified atom stereocenters. The second-order valence-electron chi connectivity index (χ2n) is 19.2. The van der Waals surface area contributed by atoms with E-state index in [0.29, 0.717) is 0 Å². The fourth-order valence-corrected chi connectivity index (χ4v) is 6.95. The van der Waals surface area contributed by atoms with Crippen molar-refractivity contribution in [2.45, 2.75) is 70.9 Å². The number of halogens is 9. The van der Waals surface area contributed by atoms with Gasteiger partial charge < -0.3 is 15.3 Å². The van der Waals surface area contributed by atoms with Crippen molar-refractivity contribution in [1.29, 1.82) is 0 Å². The zero-order valence-electron chi connectivity index (χ0n) is 42.4. The summed E-state index contributed by atoms with van der Waals surface area (Å²) in [6.07, 6.45) is -11.1. The van der Waals surface area contributed by atoms with E-state index >= 15 is 0 Å². The standard InChI is InChI=1S/C18H24N2.3C14H9F3O2.Dy/c1-17(2,3)13-7-9-19-15(11-13)16-12-14(8-10-20-16)18(4,5)6;3*15-14(16,17)13(19)8-12(18)11-6-5-9-3-1-2-4-10(9)7-11;/h7-12H,1-6H3;3*1-8,19H;/q;;;;+3/p-3/b;3*13-8-;. The fraction of sp³-hybridized carbons (Fsp3) is 0.183. The quantitative estimate of drug-likeness (QED) is 0.0663. The van der Waals surface area contributed by atoms with Crippen LogP contribution in [-0.4, -0.2) is 45.8 Å². The Morgan fingerprint density at radius 1 is 0.372 bits per heavy atom. The molecule has 1 radical (unpaired) electrons. The number of hydrogen-bond donors (Lipinski definition) is 0. The van der Waals surface area contributed by atoms with Gasteiger partial charge in [-0.2, -0.15) is 39.5 Å². The van der Waals surface area contributed by atoms with Gasteiger partial charge in [-0.25, -0.2) is 0 Å². The van der Waals surface area contributed by atoms with Crippen LogP contribution in [-0.2, 0) is 10.8 Å². The van der Waals surface area contributed by atoms with Crippen LogP contribution in [0.3, 0.4) is 0 Å². The van der Waals surface area contributed by atoms with Crippen LogP contribution >= 0.6 is 0 Å². The largest absolute Gasteiger partial charge is 3.00 e. The van der Waals surface area contributed by atoms with Gasteiger partial charge in [0.1, 0.15) is 0 Å². The topological polar surface area (TPSA) is 146 Å². The minimum atomic E-state index is -5.02. The first-order chi connectivity index (χ1) is 35.8. The first-order valence-corrected chi connectivity index (χ1v) is 23.2. The second kappa shape index (κ2) is 26.3. The number of carbonyl (C=O) groups excluding carboxylic acids is 3. The van der Waals surface area contributed by atoms with Gasteiger partial charge >= 0.3 is 56.7 Å². The molecule has 0 fully saturated rings. The number of nitrogens with zero attached hydrogens (tertiary/aromatic N) is 2. The van der Waals surface area contributed by atoms with E-state index in [-0.39, 0.29) is 83.9 Å². The molecule has 0 aliphatic heterocycles. The number of allylic oxidation sites excluding steroid dienone is 6. The average Bonchev–Trinajstić information content (AvgIpc) is 3.37. The van der Waals surface area contributed by atoms with Gasteiger partial charge in [-0.3, -0.25) is 24.4 Å². The predicted molar refractivity (Wildman–Crippen MR) is 272 cm³/mol. The molecule has 0 atom stereocenters. The zero-order valence-corrected chi connectivity index (χ0v) is 44.4. The maximum atomic E-state index is 12.0. The Hall–Kier alpha value is -7.33. The molecule has 0 N–H and O–H groups in total. The van der Waals surface area contributed by atoms with Crippen LogP contribution in [0.15, 0.2) is 200 Å². The molecular formula is C60H48DyF9N2O6. The normalized spacial score (nSPS) is 12.5. The molecule has 2 aromatic heterocycles. The predicted octanol–water partition coefficient (Wildman–Crippen LogP) is 13.2. The summed E-state index contributed by atoms with van der Waals surface area (Å²) in [5, 5.41) is 36.9. The number of hydrogen-bond acceptors (Lipinski definition) is 8. The van der Waals surface area contributed by atoms with Crippen molar-refractivity contribution in [1.82, 2.24) is 9.97 Å². The minimum Gasteiger partial charge on any atom is -0.869 e. The Balaban J connectivity index is 0.000000223. The Morgan fingerprint density at radius 3 is 0.846 bits per heavy atom. The SMILES string of the molecule is CC(C)(C)c1ccnc(-c2cc(C(C)(C)C)ccn2)c1.O=C(/C=C(\[O-])C(F)(F)F)c1ccc2ccccc2c1.O=C(/C=C(\[O-])C(F)(F)F)c1ccc2ccccc2c1.O=C(/C=C(\[O-])C(F)(F)F)c1ccc2ccccc2c1.[Dy+3]. The molecule has 407 valence electrons. The number of ketones is 3. The van der Waals surface area contributed by atoms with E-state index < -0.39 is 53.2 Å². The van der Waals surface area contributed by atoms with Gasteiger partial charge in [0.25, 0.3) is 0 Å². The third-order valence-electron chi connectivity index (χ3n) is 11.2. The molecule has 0 aliphatic rings. The summed E-state index contributed by atoms with van der Waals surface area (Å²) in [6.45, 7) is 13.3. The molecule has 8 aromatic rings. The molecule has 0 spiro atoms. The van der Waals surface area contributed by atoms with Crippen molar-refractivity contribution in [3.05, 3.63) is 227 Å². The molecule has 78 heavy (non-hydrogen) atoms. The molecule has 0 bridgehead atoms. The Kier molecular flexibility index (Phi) is 21.4. The van der Waals surface area contributed by atoms with Crippen molar-refractivity contribution in [2.75, 3.05) is 0 Å². The molecule has 0 saturated heterocycles. The van der Waals surface area contributed by atoms with Crippen molar-refractivity contribution in [3.63, 3.8) is 0 Å². The monoisotopic (exact) mass is 1230 g/mol. The molecule has 0 saturated carbocycles. The molecule has 6 aromatic carbocycles. The number of rotatable bonds is 7. The zero-order chi connectivity index (χ0) is 57.1. The van der Waals surface area contributed by atoms with E-state index in [0.717, 1.165) is 43.7 Å². The van der Waals surface area contributed by atoms with Gasteiger partial charge in [0, 0.05) is 29.1 Å². The minimum absolute atomic E-state index is 0. The number of aromatic nitrogens is 2. The van der Waals surface area contributed by atoms with Crippen LogP contribution in [0.25, 0.3) is 43.7 Å². The number of pyridine rings is 2. The van der Waals surface area contributed by atoms with Crippen LogP contribution < -0.4 is 15.3 Å². The van der Waals surface area contributed by atoms with Crippen molar-refractivity contribution >= 4 is 49.7 Å². The van der Waals surface area contributed by atoms with Gasteiger partial charge in [0.2, 0.25) is 0 Å². The maximum Gasteiger partial charge on any atom is 3.00 e. The molecule has 18 heteroatoms. The Labute approximate surface area is 473 Å². The molecule has 2 heterocycles.